The zero-order valence-corrected chi connectivity index (χ0v) is 18.9. The molecule has 0 unspecified atom stereocenters. The summed E-state index contributed by atoms with van der Waals surface area (Å²) in [6, 6.07) is 15.3. The van der Waals surface area contributed by atoms with Gasteiger partial charge in [-0.25, -0.2) is 4.79 Å². The lowest BCUT2D eigenvalue weighted by Crippen LogP contribution is -2.27. The minimum absolute atomic E-state index is 0.111. The number of amides is 1. The van der Waals surface area contributed by atoms with Crippen molar-refractivity contribution in [3.8, 4) is 11.1 Å². The summed E-state index contributed by atoms with van der Waals surface area (Å²) in [6.45, 7) is 7.01. The average molecular weight is 448 g/mol. The molecule has 8 heteroatoms. The maximum atomic E-state index is 12.2. The fourth-order valence-electron chi connectivity index (χ4n) is 3.27. The summed E-state index contributed by atoms with van der Waals surface area (Å²) in [7, 11) is 0. The molecular weight excluding hydrogens is 422 g/mol. The van der Waals surface area contributed by atoms with Gasteiger partial charge in [0.1, 0.15) is 11.1 Å². The number of aromatic amines is 2. The molecule has 0 radical (unpaired) electrons. The molecule has 0 bridgehead atoms. The number of aliphatic carboxylic acids is 1. The molecule has 2 aromatic carbocycles. The van der Waals surface area contributed by atoms with E-state index in [0.29, 0.717) is 11.2 Å². The van der Waals surface area contributed by atoms with Crippen molar-refractivity contribution < 1.29 is 19.4 Å². The number of nitrogens with one attached hydrogen (secondary N) is 3. The molecule has 0 fully saturated rings. The third-order valence-corrected chi connectivity index (χ3v) is 4.69. The van der Waals surface area contributed by atoms with Crippen molar-refractivity contribution in [1.29, 1.82) is 0 Å². The summed E-state index contributed by atoms with van der Waals surface area (Å²) < 4.78 is 5.37. The molecular formula is C25H26N3O5-. The zero-order chi connectivity index (χ0) is 24.2. The normalized spacial score (nSPS) is 11.0. The Kier molecular flexibility index (Phi) is 6.86. The number of carboxylic acid groups (broad SMARTS) is 1. The molecule has 1 amide bonds. The molecule has 3 N–H and O–H groups in total. The van der Waals surface area contributed by atoms with Crippen molar-refractivity contribution in [3.63, 3.8) is 0 Å². The van der Waals surface area contributed by atoms with Crippen LogP contribution < -0.4 is 16.0 Å². The van der Waals surface area contributed by atoms with Crippen LogP contribution in [-0.4, -0.2) is 27.6 Å². The fourth-order valence-corrected chi connectivity index (χ4v) is 3.27. The van der Waals surface area contributed by atoms with Gasteiger partial charge in [-0.05, 0) is 57.0 Å². The maximum Gasteiger partial charge on any atom is 0.412 e. The summed E-state index contributed by atoms with van der Waals surface area (Å²) in [5, 5.41) is 13.9. The first-order chi connectivity index (χ1) is 15.6. The van der Waals surface area contributed by atoms with Crippen molar-refractivity contribution in [2.45, 2.75) is 39.7 Å². The highest BCUT2D eigenvalue weighted by molar-refractivity contribution is 6.06. The van der Waals surface area contributed by atoms with Crippen molar-refractivity contribution in [1.82, 2.24) is 9.97 Å². The van der Waals surface area contributed by atoms with Crippen LogP contribution in [0.4, 0.5) is 10.5 Å². The van der Waals surface area contributed by atoms with Crippen LogP contribution in [-0.2, 0) is 9.53 Å². The van der Waals surface area contributed by atoms with Gasteiger partial charge in [-0.1, -0.05) is 31.2 Å². The number of pyridine rings is 1. The van der Waals surface area contributed by atoms with Crippen LogP contribution in [0.5, 0.6) is 0 Å². The number of hydrogen-bond acceptors (Lipinski definition) is 5. The highest BCUT2D eigenvalue weighted by atomic mass is 16.6. The predicted molar refractivity (Wildman–Crippen MR) is 127 cm³/mol. The number of hydrogen-bond donors (Lipinski definition) is 3. The molecule has 33 heavy (non-hydrogen) atoms. The Morgan fingerprint density at radius 3 is 2.42 bits per heavy atom. The van der Waals surface area contributed by atoms with E-state index in [-0.39, 0.29) is 12.0 Å². The number of H-pyrrole nitrogens is 2. The number of aromatic nitrogens is 2. The van der Waals surface area contributed by atoms with E-state index < -0.39 is 17.7 Å². The van der Waals surface area contributed by atoms with E-state index in [2.05, 4.69) is 15.3 Å². The molecule has 0 aliphatic rings. The van der Waals surface area contributed by atoms with Crippen molar-refractivity contribution in [2.75, 3.05) is 5.32 Å². The highest BCUT2D eigenvalue weighted by Gasteiger charge is 2.17. The van der Waals surface area contributed by atoms with Crippen LogP contribution in [0.15, 0.2) is 59.5 Å². The van der Waals surface area contributed by atoms with Crippen molar-refractivity contribution in [2.24, 2.45) is 0 Å². The van der Waals surface area contributed by atoms with Gasteiger partial charge < -0.3 is 24.6 Å². The Hall–Kier alpha value is -4.07. The van der Waals surface area contributed by atoms with Gasteiger partial charge in [0.15, 0.2) is 0 Å². The Labute approximate surface area is 190 Å². The Morgan fingerprint density at radius 1 is 1.06 bits per heavy atom. The first-order valence-corrected chi connectivity index (χ1v) is 10.5. The fraction of sp³-hybridized carbons (Fsp3) is 0.240. The van der Waals surface area contributed by atoms with Crippen LogP contribution in [0.3, 0.4) is 0 Å². The van der Waals surface area contributed by atoms with E-state index in [1.165, 1.54) is 6.92 Å². The van der Waals surface area contributed by atoms with Crippen molar-refractivity contribution >= 4 is 39.6 Å². The van der Waals surface area contributed by atoms with E-state index in [1.807, 2.05) is 69.3 Å². The van der Waals surface area contributed by atoms with Crippen LogP contribution in [0.1, 0.15) is 34.1 Å². The van der Waals surface area contributed by atoms with Crippen LogP contribution in [0, 0.1) is 0 Å². The van der Waals surface area contributed by atoms with Crippen LogP contribution in [0.25, 0.3) is 32.9 Å². The first kappa shape index (κ1) is 23.6. The monoisotopic (exact) mass is 448 g/mol. The van der Waals surface area contributed by atoms with Gasteiger partial charge >= 0.3 is 6.09 Å². The number of carbonyl (C=O) groups excluding carboxylic acids is 2. The molecule has 2 heterocycles. The number of anilines is 1. The third-order valence-electron chi connectivity index (χ3n) is 4.69. The third kappa shape index (κ3) is 5.79. The van der Waals surface area contributed by atoms with Gasteiger partial charge in [0.25, 0.3) is 5.56 Å². The lowest BCUT2D eigenvalue weighted by atomic mass is 10.0. The lowest BCUT2D eigenvalue weighted by Gasteiger charge is -2.20. The highest BCUT2D eigenvalue weighted by Crippen LogP contribution is 2.32. The topological polar surface area (TPSA) is 127 Å². The van der Waals surface area contributed by atoms with Gasteiger partial charge in [0.05, 0.1) is 5.69 Å². The molecule has 8 nitrogen and oxygen atoms in total. The largest absolute Gasteiger partial charge is 0.550 e. The second-order valence-corrected chi connectivity index (χ2v) is 8.38. The number of carbonyl (C=O) groups is 2. The summed E-state index contributed by atoms with van der Waals surface area (Å²) in [5.74, 6) is -0.995. The smallest absolute Gasteiger partial charge is 0.412 e. The van der Waals surface area contributed by atoms with E-state index >= 15 is 0 Å². The zero-order valence-electron chi connectivity index (χ0n) is 18.9. The molecule has 2 aromatic heterocycles. The number of rotatable bonds is 3. The van der Waals surface area contributed by atoms with Crippen molar-refractivity contribution in [3.05, 3.63) is 65.1 Å². The SMILES string of the molecule is CC(C)(C)OC(=O)Nc1ccccc1-c1ccc2[nH]c(=O)c3[nH]ccc3c2c1.CCC(=O)[O-]. The molecule has 4 aromatic rings. The van der Waals surface area contributed by atoms with Gasteiger partial charge in [0, 0.05) is 34.0 Å². The molecule has 172 valence electrons. The molecule has 0 aliphatic carbocycles. The van der Waals surface area contributed by atoms with Gasteiger partial charge in [-0.15, -0.1) is 0 Å². The summed E-state index contributed by atoms with van der Waals surface area (Å²) in [4.78, 5) is 39.5. The predicted octanol–water partition coefficient (Wildman–Crippen LogP) is 4.17. The maximum absolute atomic E-state index is 12.2. The number of fused-ring (bicyclic) bond motifs is 3. The Balaban J connectivity index is 0.000000555. The van der Waals surface area contributed by atoms with Crippen LogP contribution in [0.2, 0.25) is 0 Å². The summed E-state index contributed by atoms with van der Waals surface area (Å²) in [5.41, 5.74) is 3.04. The van der Waals surface area contributed by atoms with E-state index in [4.69, 9.17) is 4.74 Å². The first-order valence-electron chi connectivity index (χ1n) is 10.5. The minimum Gasteiger partial charge on any atom is -0.550 e. The molecule has 0 aliphatic heterocycles. The number of ether oxygens (including phenoxy) is 1. The quantitative estimate of drug-likeness (QED) is 0.433. The number of carboxylic acids is 1. The number of para-hydroxylation sites is 1. The van der Waals surface area contributed by atoms with E-state index in [9.17, 15) is 19.5 Å². The summed E-state index contributed by atoms with van der Waals surface area (Å²) >= 11 is 0. The minimum atomic E-state index is -0.995. The molecule has 0 spiro atoms. The van der Waals surface area contributed by atoms with E-state index in [1.54, 1.807) is 6.20 Å². The Bertz CT molecular complexity index is 1360. The van der Waals surface area contributed by atoms with Gasteiger partial charge in [-0.3, -0.25) is 10.1 Å². The molecule has 4 rings (SSSR count). The van der Waals surface area contributed by atoms with E-state index in [0.717, 1.165) is 27.4 Å². The lowest BCUT2D eigenvalue weighted by molar-refractivity contribution is -0.305. The summed E-state index contributed by atoms with van der Waals surface area (Å²) in [6.07, 6.45) is 1.36. The second-order valence-electron chi connectivity index (χ2n) is 8.38. The standard InChI is InChI=1S/C22H21N3O3.C3H6O2/c1-22(2,3)28-21(27)25-17-7-5-4-6-14(17)13-8-9-18-16(12-13)15-10-11-23-19(15)20(26)24-18;1-2-3(4)5/h4-12,23H,1-3H3,(H,24,26)(H,25,27);2H2,1H3,(H,4,5)/p-1. The van der Waals surface area contributed by atoms with Gasteiger partial charge in [-0.2, -0.15) is 0 Å². The van der Waals surface area contributed by atoms with Crippen LogP contribution >= 0.6 is 0 Å². The molecule has 0 atom stereocenters. The Morgan fingerprint density at radius 2 is 1.76 bits per heavy atom. The second kappa shape index (κ2) is 9.60. The molecule has 0 saturated carbocycles. The van der Waals surface area contributed by atoms with Gasteiger partial charge in [0.2, 0.25) is 0 Å². The molecule has 0 saturated heterocycles. The number of benzene rings is 2. The average Bonchev–Trinajstić information content (AvgIpc) is 3.24.